The highest BCUT2D eigenvalue weighted by molar-refractivity contribution is 6.00. The predicted molar refractivity (Wildman–Crippen MR) is 55.7 cm³/mol. The fraction of sp³-hybridized carbons (Fsp3) is 0.364. The van der Waals surface area contributed by atoms with Gasteiger partial charge in [-0.2, -0.15) is 0 Å². The molecule has 4 heteroatoms. The molecule has 3 nitrogen and oxygen atoms in total. The molecule has 0 aliphatic rings. The standard InChI is InChI=1S/C11H14FNO2/c1-7-8(12)3-4-10(15-2)11(7)9(14)5-6-13/h3-4H,5-6,13H2,1-2H3. The first-order valence-corrected chi connectivity index (χ1v) is 4.68. The van der Waals surface area contributed by atoms with Gasteiger partial charge in [0, 0.05) is 6.42 Å². The Kier molecular flexibility index (Phi) is 3.80. The predicted octanol–water partition coefficient (Wildman–Crippen LogP) is 1.67. The smallest absolute Gasteiger partial charge is 0.168 e. The molecule has 15 heavy (non-hydrogen) atoms. The number of methoxy groups -OCH3 is 1. The minimum absolute atomic E-state index is 0.189. The van der Waals surface area contributed by atoms with Gasteiger partial charge in [-0.05, 0) is 31.2 Å². The van der Waals surface area contributed by atoms with Crippen LogP contribution in [0.2, 0.25) is 0 Å². The molecule has 0 heterocycles. The summed E-state index contributed by atoms with van der Waals surface area (Å²) in [6.07, 6.45) is 0.195. The lowest BCUT2D eigenvalue weighted by atomic mass is 10.0. The molecule has 1 aromatic rings. The number of carbonyl (C=O) groups is 1. The number of halogens is 1. The van der Waals surface area contributed by atoms with Crippen LogP contribution in [0.4, 0.5) is 4.39 Å². The molecule has 0 saturated carbocycles. The Hall–Kier alpha value is -1.42. The third kappa shape index (κ3) is 2.33. The van der Waals surface area contributed by atoms with Crippen molar-refractivity contribution >= 4 is 5.78 Å². The molecule has 2 N–H and O–H groups in total. The first-order valence-electron chi connectivity index (χ1n) is 4.68. The van der Waals surface area contributed by atoms with Gasteiger partial charge in [0.05, 0.1) is 12.7 Å². The second-order valence-corrected chi connectivity index (χ2v) is 3.21. The van der Waals surface area contributed by atoms with Crippen molar-refractivity contribution < 1.29 is 13.9 Å². The van der Waals surface area contributed by atoms with Crippen LogP contribution in [-0.2, 0) is 0 Å². The Labute approximate surface area is 88.0 Å². The molecule has 0 aliphatic carbocycles. The first-order chi connectivity index (χ1) is 7.11. The van der Waals surface area contributed by atoms with Gasteiger partial charge < -0.3 is 10.5 Å². The number of hydrogen-bond donors (Lipinski definition) is 1. The molecule has 0 unspecified atom stereocenters. The number of nitrogens with two attached hydrogens (primary N) is 1. The van der Waals surface area contributed by atoms with Crippen LogP contribution in [0.5, 0.6) is 5.75 Å². The normalized spacial score (nSPS) is 10.1. The van der Waals surface area contributed by atoms with E-state index in [-0.39, 0.29) is 18.7 Å². The summed E-state index contributed by atoms with van der Waals surface area (Å²) >= 11 is 0. The van der Waals surface area contributed by atoms with Gasteiger partial charge in [-0.1, -0.05) is 0 Å². The second kappa shape index (κ2) is 4.89. The van der Waals surface area contributed by atoms with Gasteiger partial charge in [0.15, 0.2) is 5.78 Å². The molecule has 0 atom stereocenters. The van der Waals surface area contributed by atoms with Gasteiger partial charge >= 0.3 is 0 Å². The van der Waals surface area contributed by atoms with Crippen molar-refractivity contribution in [3.8, 4) is 5.75 Å². The number of benzene rings is 1. The van der Waals surface area contributed by atoms with E-state index in [4.69, 9.17) is 10.5 Å². The van der Waals surface area contributed by atoms with Crippen molar-refractivity contribution in [2.24, 2.45) is 5.73 Å². The van der Waals surface area contributed by atoms with E-state index in [1.807, 2.05) is 0 Å². The fourth-order valence-electron chi connectivity index (χ4n) is 1.43. The maximum Gasteiger partial charge on any atom is 0.168 e. The van der Waals surface area contributed by atoms with E-state index in [2.05, 4.69) is 0 Å². The summed E-state index contributed by atoms with van der Waals surface area (Å²) in [5.74, 6) is -0.199. The van der Waals surface area contributed by atoms with Crippen LogP contribution in [0.25, 0.3) is 0 Å². The summed E-state index contributed by atoms with van der Waals surface area (Å²) in [6.45, 7) is 1.81. The number of ketones is 1. The van der Waals surface area contributed by atoms with Gasteiger partial charge in [0.1, 0.15) is 11.6 Å². The largest absolute Gasteiger partial charge is 0.496 e. The summed E-state index contributed by atoms with van der Waals surface area (Å²) in [5, 5.41) is 0. The van der Waals surface area contributed by atoms with Crippen molar-refractivity contribution in [1.29, 1.82) is 0 Å². The van der Waals surface area contributed by atoms with E-state index in [1.54, 1.807) is 6.92 Å². The lowest BCUT2D eigenvalue weighted by molar-refractivity contribution is 0.0981. The van der Waals surface area contributed by atoms with Crippen LogP contribution in [-0.4, -0.2) is 19.4 Å². The quantitative estimate of drug-likeness (QED) is 0.771. The molecule has 0 aliphatic heterocycles. The van der Waals surface area contributed by atoms with Crippen molar-refractivity contribution in [2.75, 3.05) is 13.7 Å². The Morgan fingerprint density at radius 2 is 2.20 bits per heavy atom. The van der Waals surface area contributed by atoms with E-state index in [0.29, 0.717) is 16.9 Å². The second-order valence-electron chi connectivity index (χ2n) is 3.21. The van der Waals surface area contributed by atoms with E-state index < -0.39 is 5.82 Å². The van der Waals surface area contributed by atoms with Crippen molar-refractivity contribution in [2.45, 2.75) is 13.3 Å². The maximum absolute atomic E-state index is 13.3. The minimum Gasteiger partial charge on any atom is -0.496 e. The Morgan fingerprint density at radius 3 is 2.73 bits per heavy atom. The summed E-state index contributed by atoms with van der Waals surface area (Å²) in [5.41, 5.74) is 5.90. The Bertz CT molecular complexity index is 377. The monoisotopic (exact) mass is 211 g/mol. The number of hydrogen-bond acceptors (Lipinski definition) is 3. The number of ether oxygens (including phenoxy) is 1. The average Bonchev–Trinajstić information content (AvgIpc) is 2.22. The van der Waals surface area contributed by atoms with Gasteiger partial charge in [0.25, 0.3) is 0 Å². The molecule has 1 aromatic carbocycles. The number of Topliss-reactive ketones (excluding diaryl/α,β-unsaturated/α-hetero) is 1. The summed E-state index contributed by atoms with van der Waals surface area (Å²) in [4.78, 5) is 11.7. The Balaban J connectivity index is 3.23. The third-order valence-corrected chi connectivity index (χ3v) is 2.23. The summed E-state index contributed by atoms with van der Waals surface area (Å²) in [7, 11) is 1.45. The van der Waals surface area contributed by atoms with E-state index >= 15 is 0 Å². The summed E-state index contributed by atoms with van der Waals surface area (Å²) in [6, 6.07) is 2.74. The van der Waals surface area contributed by atoms with Crippen molar-refractivity contribution in [3.05, 3.63) is 29.1 Å². The molecule has 0 saturated heterocycles. The van der Waals surface area contributed by atoms with Crippen LogP contribution >= 0.6 is 0 Å². The zero-order valence-corrected chi connectivity index (χ0v) is 8.84. The molecule has 0 aromatic heterocycles. The van der Waals surface area contributed by atoms with Gasteiger partial charge in [-0.25, -0.2) is 4.39 Å². The zero-order chi connectivity index (χ0) is 11.4. The molecular formula is C11H14FNO2. The first kappa shape index (κ1) is 11.7. The average molecular weight is 211 g/mol. The molecule has 82 valence electrons. The van der Waals surface area contributed by atoms with Crippen LogP contribution in [0, 0.1) is 12.7 Å². The topological polar surface area (TPSA) is 52.3 Å². The third-order valence-electron chi connectivity index (χ3n) is 2.23. The van der Waals surface area contributed by atoms with E-state index in [1.165, 1.54) is 19.2 Å². The molecule has 0 radical (unpaired) electrons. The van der Waals surface area contributed by atoms with Crippen LogP contribution in [0.3, 0.4) is 0 Å². The highest BCUT2D eigenvalue weighted by Gasteiger charge is 2.16. The van der Waals surface area contributed by atoms with Gasteiger partial charge in [-0.15, -0.1) is 0 Å². The molecule has 0 fully saturated rings. The SMILES string of the molecule is COc1ccc(F)c(C)c1C(=O)CCN. The van der Waals surface area contributed by atoms with Gasteiger partial charge in [-0.3, -0.25) is 4.79 Å². The minimum atomic E-state index is -0.406. The lowest BCUT2D eigenvalue weighted by Gasteiger charge is -2.10. The Morgan fingerprint density at radius 1 is 1.53 bits per heavy atom. The number of rotatable bonds is 4. The highest BCUT2D eigenvalue weighted by Crippen LogP contribution is 2.25. The van der Waals surface area contributed by atoms with Crippen LogP contribution < -0.4 is 10.5 Å². The molecular weight excluding hydrogens is 197 g/mol. The molecule has 0 amide bonds. The molecule has 0 bridgehead atoms. The van der Waals surface area contributed by atoms with Crippen molar-refractivity contribution in [3.63, 3.8) is 0 Å². The fourth-order valence-corrected chi connectivity index (χ4v) is 1.43. The number of carbonyl (C=O) groups excluding carboxylic acids is 1. The van der Waals surface area contributed by atoms with Gasteiger partial charge in [0.2, 0.25) is 0 Å². The van der Waals surface area contributed by atoms with Crippen molar-refractivity contribution in [1.82, 2.24) is 0 Å². The van der Waals surface area contributed by atoms with E-state index in [9.17, 15) is 9.18 Å². The zero-order valence-electron chi connectivity index (χ0n) is 8.84. The molecule has 0 spiro atoms. The lowest BCUT2D eigenvalue weighted by Crippen LogP contribution is -2.11. The molecule has 1 rings (SSSR count). The van der Waals surface area contributed by atoms with Crippen LogP contribution in [0.15, 0.2) is 12.1 Å². The van der Waals surface area contributed by atoms with Crippen LogP contribution in [0.1, 0.15) is 22.3 Å². The maximum atomic E-state index is 13.3. The summed E-state index contributed by atoms with van der Waals surface area (Å²) < 4.78 is 18.3. The highest BCUT2D eigenvalue weighted by atomic mass is 19.1. The van der Waals surface area contributed by atoms with E-state index in [0.717, 1.165) is 0 Å².